The van der Waals surface area contributed by atoms with E-state index in [9.17, 15) is 4.79 Å². The zero-order valence-corrected chi connectivity index (χ0v) is 14.8. The molecule has 0 saturated heterocycles. The van der Waals surface area contributed by atoms with Gasteiger partial charge >= 0.3 is 0 Å². The smallest absolute Gasteiger partial charge is 0.235 e. The molecule has 0 fully saturated rings. The zero-order valence-electron chi connectivity index (χ0n) is 14.0. The zero-order chi connectivity index (χ0) is 17.1. The van der Waals surface area contributed by atoms with Crippen LogP contribution in [0.5, 0.6) is 11.5 Å². The van der Waals surface area contributed by atoms with Crippen LogP contribution in [0, 0.1) is 5.92 Å². The van der Waals surface area contributed by atoms with E-state index in [0.717, 1.165) is 16.9 Å². The van der Waals surface area contributed by atoms with Crippen LogP contribution in [0.15, 0.2) is 24.4 Å². The lowest BCUT2D eigenvalue weighted by Crippen LogP contribution is -2.12. The van der Waals surface area contributed by atoms with E-state index in [1.165, 1.54) is 0 Å². The Morgan fingerprint density at radius 2 is 2.21 bits per heavy atom. The molecule has 3 rings (SSSR count). The van der Waals surface area contributed by atoms with Crippen LogP contribution in [0.4, 0.5) is 5.82 Å². The maximum atomic E-state index is 11.8. The SMILES string of the molecule is COc1cc([C@@H]2SCC(=O)Nc3[nH]ncc32)ccc1OCC(C)C. The predicted octanol–water partition coefficient (Wildman–Crippen LogP) is 3.23. The third-order valence-corrected chi connectivity index (χ3v) is 4.95. The maximum absolute atomic E-state index is 11.8. The summed E-state index contributed by atoms with van der Waals surface area (Å²) < 4.78 is 11.3. The van der Waals surface area contributed by atoms with Gasteiger partial charge in [0.05, 0.1) is 30.9 Å². The molecule has 7 heteroatoms. The number of carbonyl (C=O) groups excluding carboxylic acids is 1. The van der Waals surface area contributed by atoms with Gasteiger partial charge in [-0.15, -0.1) is 11.8 Å². The van der Waals surface area contributed by atoms with Gasteiger partial charge < -0.3 is 14.8 Å². The molecular weight excluding hydrogens is 326 g/mol. The van der Waals surface area contributed by atoms with E-state index >= 15 is 0 Å². The molecular formula is C17H21N3O3S. The van der Waals surface area contributed by atoms with Gasteiger partial charge in [-0.1, -0.05) is 19.9 Å². The number of aromatic nitrogens is 2. The Morgan fingerprint density at radius 1 is 1.38 bits per heavy atom. The molecule has 6 nitrogen and oxygen atoms in total. The number of amides is 1. The number of benzene rings is 1. The van der Waals surface area contributed by atoms with E-state index in [-0.39, 0.29) is 11.2 Å². The number of thioether (sulfide) groups is 1. The second-order valence-electron chi connectivity index (χ2n) is 6.05. The van der Waals surface area contributed by atoms with Gasteiger partial charge in [-0.25, -0.2) is 0 Å². The number of hydrogen-bond donors (Lipinski definition) is 2. The van der Waals surface area contributed by atoms with Crippen molar-refractivity contribution in [2.24, 2.45) is 5.92 Å². The summed E-state index contributed by atoms with van der Waals surface area (Å²) in [7, 11) is 1.63. The monoisotopic (exact) mass is 347 g/mol. The van der Waals surface area contributed by atoms with Crippen molar-refractivity contribution in [3.05, 3.63) is 35.5 Å². The summed E-state index contributed by atoms with van der Waals surface area (Å²) in [6.07, 6.45) is 1.76. The van der Waals surface area contributed by atoms with Gasteiger partial charge in [-0.2, -0.15) is 5.10 Å². The number of methoxy groups -OCH3 is 1. The summed E-state index contributed by atoms with van der Waals surface area (Å²) in [6, 6.07) is 5.92. The van der Waals surface area contributed by atoms with Gasteiger partial charge in [0.1, 0.15) is 5.82 Å². The number of nitrogens with zero attached hydrogens (tertiary/aromatic N) is 1. The number of hydrogen-bond acceptors (Lipinski definition) is 5. The standard InChI is InChI=1S/C17H21N3O3S/c1-10(2)8-23-13-5-4-11(6-14(13)22-3)16-12-7-18-20-17(12)19-15(21)9-24-16/h4-7,10,16H,8-9H2,1-3H3,(H2,18,19,20,21)/t16-/m0/s1. The molecule has 1 aliphatic heterocycles. The van der Waals surface area contributed by atoms with Crippen molar-refractivity contribution in [1.29, 1.82) is 0 Å². The number of nitrogens with one attached hydrogen (secondary N) is 2. The fourth-order valence-corrected chi connectivity index (χ4v) is 3.60. The van der Waals surface area contributed by atoms with Gasteiger partial charge in [0, 0.05) is 5.56 Å². The van der Waals surface area contributed by atoms with Crippen molar-refractivity contribution in [2.45, 2.75) is 19.1 Å². The molecule has 0 bridgehead atoms. The Balaban J connectivity index is 1.91. The molecule has 24 heavy (non-hydrogen) atoms. The van der Waals surface area contributed by atoms with Crippen molar-refractivity contribution >= 4 is 23.5 Å². The van der Waals surface area contributed by atoms with Crippen molar-refractivity contribution in [2.75, 3.05) is 24.8 Å². The molecule has 0 unspecified atom stereocenters. The normalized spacial score (nSPS) is 17.2. The molecule has 0 radical (unpaired) electrons. The Kier molecular flexibility index (Phi) is 4.99. The first kappa shape index (κ1) is 16.7. The lowest BCUT2D eigenvalue weighted by Gasteiger charge is -2.17. The molecule has 2 heterocycles. The highest BCUT2D eigenvalue weighted by Crippen LogP contribution is 2.42. The third-order valence-electron chi connectivity index (χ3n) is 3.66. The fraction of sp³-hybridized carbons (Fsp3) is 0.412. The first-order valence-electron chi connectivity index (χ1n) is 7.84. The minimum absolute atomic E-state index is 0.00532. The van der Waals surface area contributed by atoms with Gasteiger partial charge in [-0.3, -0.25) is 9.89 Å². The highest BCUT2D eigenvalue weighted by atomic mass is 32.2. The minimum atomic E-state index is -0.0307. The summed E-state index contributed by atoms with van der Waals surface area (Å²) >= 11 is 1.57. The predicted molar refractivity (Wildman–Crippen MR) is 94.8 cm³/mol. The number of aromatic amines is 1. The van der Waals surface area contributed by atoms with Crippen LogP contribution >= 0.6 is 11.8 Å². The quantitative estimate of drug-likeness (QED) is 0.868. The average molecular weight is 347 g/mol. The Morgan fingerprint density at radius 3 is 2.96 bits per heavy atom. The summed E-state index contributed by atoms with van der Waals surface area (Å²) in [4.78, 5) is 11.8. The lowest BCUT2D eigenvalue weighted by molar-refractivity contribution is -0.113. The number of fused-ring (bicyclic) bond motifs is 1. The average Bonchev–Trinajstić information content (AvgIpc) is 2.95. The van der Waals surface area contributed by atoms with Crippen molar-refractivity contribution in [1.82, 2.24) is 10.2 Å². The van der Waals surface area contributed by atoms with Crippen LogP contribution in [0.25, 0.3) is 0 Å². The minimum Gasteiger partial charge on any atom is -0.493 e. The van der Waals surface area contributed by atoms with Crippen LogP contribution in [-0.2, 0) is 4.79 Å². The van der Waals surface area contributed by atoms with E-state index in [0.29, 0.717) is 29.8 Å². The van der Waals surface area contributed by atoms with Crippen LogP contribution in [0.3, 0.4) is 0 Å². The number of anilines is 1. The molecule has 1 amide bonds. The van der Waals surface area contributed by atoms with Crippen molar-refractivity contribution in [3.8, 4) is 11.5 Å². The van der Waals surface area contributed by atoms with Crippen molar-refractivity contribution in [3.63, 3.8) is 0 Å². The summed E-state index contributed by atoms with van der Waals surface area (Å²) in [5.41, 5.74) is 2.01. The molecule has 0 spiro atoms. The molecule has 1 aromatic heterocycles. The summed E-state index contributed by atoms with van der Waals surface area (Å²) in [5.74, 6) is 2.89. The van der Waals surface area contributed by atoms with Gasteiger partial charge in [0.15, 0.2) is 11.5 Å². The molecule has 2 aromatic rings. The largest absolute Gasteiger partial charge is 0.493 e. The van der Waals surface area contributed by atoms with Crippen LogP contribution in [0.2, 0.25) is 0 Å². The highest BCUT2D eigenvalue weighted by molar-refractivity contribution is 8.00. The van der Waals surface area contributed by atoms with E-state index < -0.39 is 0 Å². The van der Waals surface area contributed by atoms with Gasteiger partial charge in [-0.05, 0) is 23.6 Å². The van der Waals surface area contributed by atoms with Crippen molar-refractivity contribution < 1.29 is 14.3 Å². The molecule has 2 N–H and O–H groups in total. The number of rotatable bonds is 5. The molecule has 1 aliphatic rings. The van der Waals surface area contributed by atoms with E-state index in [2.05, 4.69) is 29.4 Å². The highest BCUT2D eigenvalue weighted by Gasteiger charge is 2.26. The number of carbonyl (C=O) groups is 1. The molecule has 0 aliphatic carbocycles. The second kappa shape index (κ2) is 7.17. The number of ether oxygens (including phenoxy) is 2. The van der Waals surface area contributed by atoms with Crippen LogP contribution < -0.4 is 14.8 Å². The van der Waals surface area contributed by atoms with Crippen LogP contribution in [0.1, 0.15) is 30.2 Å². The van der Waals surface area contributed by atoms with E-state index in [1.807, 2.05) is 18.2 Å². The first-order valence-corrected chi connectivity index (χ1v) is 8.88. The Hall–Kier alpha value is -2.15. The van der Waals surface area contributed by atoms with Gasteiger partial charge in [0.25, 0.3) is 0 Å². The molecule has 1 atom stereocenters. The molecule has 0 saturated carbocycles. The maximum Gasteiger partial charge on any atom is 0.235 e. The van der Waals surface area contributed by atoms with E-state index in [1.54, 1.807) is 25.1 Å². The third kappa shape index (κ3) is 3.51. The van der Waals surface area contributed by atoms with E-state index in [4.69, 9.17) is 9.47 Å². The fourth-order valence-electron chi connectivity index (χ4n) is 2.52. The lowest BCUT2D eigenvalue weighted by atomic mass is 10.1. The van der Waals surface area contributed by atoms with Gasteiger partial charge in [0.2, 0.25) is 5.91 Å². The summed E-state index contributed by atoms with van der Waals surface area (Å²) in [6.45, 7) is 4.85. The Bertz CT molecular complexity index is 730. The Labute approximate surface area is 145 Å². The van der Waals surface area contributed by atoms with Crippen LogP contribution in [-0.4, -0.2) is 35.6 Å². The number of H-pyrrole nitrogens is 1. The topological polar surface area (TPSA) is 76.2 Å². The first-order chi connectivity index (χ1) is 11.6. The molecule has 1 aromatic carbocycles. The molecule has 128 valence electrons. The second-order valence-corrected chi connectivity index (χ2v) is 7.15. The summed E-state index contributed by atoms with van der Waals surface area (Å²) in [5, 5.41) is 9.75.